The van der Waals surface area contributed by atoms with Gasteiger partial charge in [-0.2, -0.15) is 4.98 Å². The van der Waals surface area contributed by atoms with Gasteiger partial charge in [0.1, 0.15) is 12.6 Å². The Morgan fingerprint density at radius 2 is 1.78 bits per heavy atom. The van der Waals surface area contributed by atoms with Gasteiger partial charge in [-0.1, -0.05) is 36.4 Å². The Kier molecular flexibility index (Phi) is 7.10. The van der Waals surface area contributed by atoms with Gasteiger partial charge in [-0.25, -0.2) is 4.68 Å². The maximum absolute atomic E-state index is 13.8. The van der Waals surface area contributed by atoms with Crippen molar-refractivity contribution in [3.63, 3.8) is 0 Å². The van der Waals surface area contributed by atoms with Gasteiger partial charge in [-0.15, -0.1) is 5.10 Å². The number of hydrogen-bond donors (Lipinski definition) is 2. The van der Waals surface area contributed by atoms with E-state index in [2.05, 4.69) is 20.6 Å². The first-order chi connectivity index (χ1) is 20.1. The van der Waals surface area contributed by atoms with Crippen molar-refractivity contribution in [1.82, 2.24) is 24.7 Å². The molecule has 6 rings (SSSR count). The Morgan fingerprint density at radius 3 is 2.51 bits per heavy atom. The number of hydrogen-bond acceptors (Lipinski definition) is 8. The average molecular weight is 546 g/mol. The minimum atomic E-state index is -0.613. The van der Waals surface area contributed by atoms with E-state index in [0.29, 0.717) is 46.8 Å². The van der Waals surface area contributed by atoms with Crippen molar-refractivity contribution in [1.29, 1.82) is 0 Å². The van der Waals surface area contributed by atoms with Crippen molar-refractivity contribution in [2.24, 2.45) is 0 Å². The number of aromatic nitrogens is 5. The molecule has 2 aromatic carbocycles. The summed E-state index contributed by atoms with van der Waals surface area (Å²) in [5.74, 6) is 1.83. The molecule has 10 heteroatoms. The lowest BCUT2D eigenvalue weighted by Gasteiger charge is -2.29. The predicted octanol–water partition coefficient (Wildman–Crippen LogP) is 5.25. The number of ether oxygens (including phenoxy) is 2. The van der Waals surface area contributed by atoms with Crippen molar-refractivity contribution in [2.75, 3.05) is 17.7 Å². The van der Waals surface area contributed by atoms with Gasteiger partial charge < -0.3 is 20.1 Å². The SMILES string of the molecule is COc1cc(C2C(C(=O)Nc3cccnc3)=C(C)Nc3nc(-c4cccnc4)nn32)ccc1OCc1ccccc1. The van der Waals surface area contributed by atoms with Crippen molar-refractivity contribution in [3.05, 3.63) is 120 Å². The minimum Gasteiger partial charge on any atom is -0.493 e. The van der Waals surface area contributed by atoms with E-state index in [0.717, 1.165) is 16.7 Å². The molecule has 0 fully saturated rings. The lowest BCUT2D eigenvalue weighted by molar-refractivity contribution is -0.113. The fourth-order valence-corrected chi connectivity index (χ4v) is 4.71. The molecule has 1 unspecified atom stereocenters. The molecule has 0 saturated heterocycles. The highest BCUT2D eigenvalue weighted by molar-refractivity contribution is 6.06. The van der Waals surface area contributed by atoms with E-state index in [1.54, 1.807) is 48.7 Å². The summed E-state index contributed by atoms with van der Waals surface area (Å²) >= 11 is 0. The third-order valence-corrected chi connectivity index (χ3v) is 6.68. The van der Waals surface area contributed by atoms with Crippen molar-refractivity contribution >= 4 is 17.5 Å². The molecular weight excluding hydrogens is 518 g/mol. The molecule has 0 bridgehead atoms. The number of amides is 1. The van der Waals surface area contributed by atoms with Gasteiger partial charge in [-0.05, 0) is 54.4 Å². The molecule has 1 aliphatic heterocycles. The van der Waals surface area contributed by atoms with Crippen LogP contribution in [-0.2, 0) is 11.4 Å². The molecule has 4 heterocycles. The highest BCUT2D eigenvalue weighted by Crippen LogP contribution is 2.40. The molecule has 0 radical (unpaired) electrons. The van der Waals surface area contributed by atoms with Gasteiger partial charge in [0.05, 0.1) is 24.6 Å². The molecule has 10 nitrogen and oxygen atoms in total. The number of methoxy groups -OCH3 is 1. The number of fused-ring (bicyclic) bond motifs is 1. The first-order valence-corrected chi connectivity index (χ1v) is 13.0. The van der Waals surface area contributed by atoms with Crippen LogP contribution >= 0.6 is 0 Å². The van der Waals surface area contributed by atoms with Gasteiger partial charge >= 0.3 is 0 Å². The van der Waals surface area contributed by atoms with Crippen LogP contribution in [0.1, 0.15) is 24.1 Å². The van der Waals surface area contributed by atoms with Gasteiger partial charge in [0, 0.05) is 29.9 Å². The molecular formula is C31H27N7O3. The van der Waals surface area contributed by atoms with E-state index in [4.69, 9.17) is 19.6 Å². The van der Waals surface area contributed by atoms with Crippen molar-refractivity contribution < 1.29 is 14.3 Å². The van der Waals surface area contributed by atoms with E-state index in [1.165, 1.54) is 0 Å². The van der Waals surface area contributed by atoms with Crippen molar-refractivity contribution in [2.45, 2.75) is 19.6 Å². The maximum atomic E-state index is 13.8. The summed E-state index contributed by atoms with van der Waals surface area (Å²) in [6.45, 7) is 2.24. The number of anilines is 2. The first-order valence-electron chi connectivity index (χ1n) is 13.0. The van der Waals surface area contributed by atoms with E-state index in [9.17, 15) is 4.79 Å². The molecule has 5 aromatic rings. The second-order valence-electron chi connectivity index (χ2n) is 9.39. The van der Waals surface area contributed by atoms with Crippen LogP contribution in [-0.4, -0.2) is 37.7 Å². The largest absolute Gasteiger partial charge is 0.493 e. The summed E-state index contributed by atoms with van der Waals surface area (Å²) in [6.07, 6.45) is 6.65. The van der Waals surface area contributed by atoms with Crippen LogP contribution in [0.15, 0.2) is 109 Å². The van der Waals surface area contributed by atoms with Gasteiger partial charge in [0.15, 0.2) is 17.3 Å². The molecule has 1 amide bonds. The fourth-order valence-electron chi connectivity index (χ4n) is 4.71. The van der Waals surface area contributed by atoms with Crippen LogP contribution in [0.4, 0.5) is 11.6 Å². The third kappa shape index (κ3) is 5.35. The molecule has 0 spiro atoms. The van der Waals surface area contributed by atoms with Crippen LogP contribution in [0.5, 0.6) is 11.5 Å². The topological polar surface area (TPSA) is 116 Å². The zero-order valence-corrected chi connectivity index (χ0v) is 22.5. The second-order valence-corrected chi connectivity index (χ2v) is 9.39. The normalized spacial score (nSPS) is 14.1. The number of nitrogens with one attached hydrogen (secondary N) is 2. The summed E-state index contributed by atoms with van der Waals surface area (Å²) in [6, 6.07) is 22.2. The Balaban J connectivity index is 1.40. The Hall–Kier alpha value is -5.51. The molecule has 0 aliphatic carbocycles. The molecule has 1 atom stereocenters. The molecule has 41 heavy (non-hydrogen) atoms. The number of rotatable bonds is 8. The zero-order chi connectivity index (χ0) is 28.2. The van der Waals surface area contributed by atoms with Crippen LogP contribution in [0.2, 0.25) is 0 Å². The smallest absolute Gasteiger partial charge is 0.255 e. The number of nitrogens with zero attached hydrogens (tertiary/aromatic N) is 5. The molecule has 204 valence electrons. The Morgan fingerprint density at radius 1 is 0.976 bits per heavy atom. The summed E-state index contributed by atoms with van der Waals surface area (Å²) in [5, 5.41) is 11.0. The van der Waals surface area contributed by atoms with Crippen LogP contribution in [0, 0.1) is 0 Å². The quantitative estimate of drug-likeness (QED) is 0.272. The van der Waals surface area contributed by atoms with Crippen LogP contribution in [0.25, 0.3) is 11.4 Å². The van der Waals surface area contributed by atoms with Crippen LogP contribution in [0.3, 0.4) is 0 Å². The van der Waals surface area contributed by atoms with E-state index < -0.39 is 6.04 Å². The predicted molar refractivity (Wildman–Crippen MR) is 154 cm³/mol. The Labute approximate surface area is 236 Å². The molecule has 3 aromatic heterocycles. The lowest BCUT2D eigenvalue weighted by atomic mass is 9.94. The fraction of sp³-hybridized carbons (Fsp3) is 0.129. The van der Waals surface area contributed by atoms with E-state index >= 15 is 0 Å². The second kappa shape index (κ2) is 11.3. The highest BCUT2D eigenvalue weighted by atomic mass is 16.5. The summed E-state index contributed by atoms with van der Waals surface area (Å²) in [4.78, 5) is 26.8. The Bertz CT molecular complexity index is 1700. The number of carbonyl (C=O) groups excluding carboxylic acids is 1. The highest BCUT2D eigenvalue weighted by Gasteiger charge is 2.35. The average Bonchev–Trinajstić information content (AvgIpc) is 3.44. The summed E-state index contributed by atoms with van der Waals surface area (Å²) < 4.78 is 13.5. The number of benzene rings is 2. The van der Waals surface area contributed by atoms with Gasteiger partial charge in [0.2, 0.25) is 5.95 Å². The molecule has 2 N–H and O–H groups in total. The third-order valence-electron chi connectivity index (χ3n) is 6.68. The van der Waals surface area contributed by atoms with E-state index in [-0.39, 0.29) is 5.91 Å². The standard InChI is InChI=1S/C31H27N7O3/c1-20-27(30(39)35-24-11-7-15-33-18-24)28(38-31(34-20)36-29(37-38)23-10-6-14-32-17-23)22-12-13-25(26(16-22)40-2)41-19-21-8-4-3-5-9-21/h3-18,28H,19H2,1-2H3,(H,35,39)(H,34,36,37). The van der Waals surface area contributed by atoms with E-state index in [1.807, 2.05) is 67.6 Å². The van der Waals surface area contributed by atoms with Gasteiger partial charge in [0.25, 0.3) is 5.91 Å². The van der Waals surface area contributed by atoms with Crippen LogP contribution < -0.4 is 20.1 Å². The lowest BCUT2D eigenvalue weighted by Crippen LogP contribution is -2.31. The number of pyridine rings is 2. The number of allylic oxidation sites excluding steroid dienone is 1. The monoisotopic (exact) mass is 545 g/mol. The summed E-state index contributed by atoms with van der Waals surface area (Å²) in [5.41, 5.74) is 4.28. The number of carbonyl (C=O) groups is 1. The minimum absolute atomic E-state index is 0.291. The first kappa shape index (κ1) is 25.8. The maximum Gasteiger partial charge on any atom is 0.255 e. The molecule has 1 aliphatic rings. The summed E-state index contributed by atoms with van der Waals surface area (Å²) in [7, 11) is 1.59. The molecule has 0 saturated carbocycles. The van der Waals surface area contributed by atoms with Crippen molar-refractivity contribution in [3.8, 4) is 22.9 Å². The van der Waals surface area contributed by atoms with Gasteiger partial charge in [-0.3, -0.25) is 14.8 Å². The zero-order valence-electron chi connectivity index (χ0n) is 22.5.